The van der Waals surface area contributed by atoms with Gasteiger partial charge in [0.1, 0.15) is 5.82 Å². The van der Waals surface area contributed by atoms with E-state index >= 15 is 0 Å². The van der Waals surface area contributed by atoms with Crippen LogP contribution in [0.25, 0.3) is 0 Å². The van der Waals surface area contributed by atoms with E-state index in [9.17, 15) is 13.2 Å². The summed E-state index contributed by atoms with van der Waals surface area (Å²) in [5.41, 5.74) is 2.04. The quantitative estimate of drug-likeness (QED) is 0.576. The summed E-state index contributed by atoms with van der Waals surface area (Å²) in [5.74, 6) is -3.66. The van der Waals surface area contributed by atoms with E-state index in [1.807, 2.05) is 6.92 Å². The van der Waals surface area contributed by atoms with E-state index in [4.69, 9.17) is 11.6 Å². The molecular weight excluding hydrogens is 365 g/mol. The van der Waals surface area contributed by atoms with Gasteiger partial charge >= 0.3 is 0 Å². The van der Waals surface area contributed by atoms with Crippen molar-refractivity contribution < 1.29 is 13.2 Å². The van der Waals surface area contributed by atoms with Crippen LogP contribution in [0.3, 0.4) is 0 Å². The van der Waals surface area contributed by atoms with E-state index in [-0.39, 0.29) is 11.6 Å². The Balaban J connectivity index is 1.89. The second kappa shape index (κ2) is 7.21. The highest BCUT2D eigenvalue weighted by Gasteiger charge is 2.14. The molecule has 4 nitrogen and oxygen atoms in total. The van der Waals surface area contributed by atoms with E-state index in [2.05, 4.69) is 20.6 Å². The Labute approximate surface area is 153 Å². The normalized spacial score (nSPS) is 10.7. The van der Waals surface area contributed by atoms with Crippen LogP contribution in [0.1, 0.15) is 11.3 Å². The lowest BCUT2D eigenvalue weighted by atomic mass is 10.2. The average molecular weight is 379 g/mol. The maximum Gasteiger partial charge on any atom is 0.229 e. The molecule has 0 aliphatic heterocycles. The second-order valence-corrected chi connectivity index (χ2v) is 6.09. The van der Waals surface area contributed by atoms with Crippen LogP contribution in [0.5, 0.6) is 0 Å². The standard InChI is InChI=1S/C18H14ClF3N4/c1-9-7-11(19)3-5-13(9)24-15-8-10(2)23-18(26-15)25-14-6-4-12(20)16(21)17(14)22/h3-8H,1-2H3,(H2,23,24,25,26). The fourth-order valence-corrected chi connectivity index (χ4v) is 2.56. The Morgan fingerprint density at radius 1 is 0.846 bits per heavy atom. The first-order valence-electron chi connectivity index (χ1n) is 7.63. The lowest BCUT2D eigenvalue weighted by molar-refractivity contribution is 0.449. The van der Waals surface area contributed by atoms with Gasteiger partial charge in [-0.05, 0) is 49.7 Å². The minimum Gasteiger partial charge on any atom is -0.340 e. The van der Waals surface area contributed by atoms with Crippen LogP contribution in [0.4, 0.5) is 36.3 Å². The number of aryl methyl sites for hydroxylation is 2. The van der Waals surface area contributed by atoms with Gasteiger partial charge in [0.15, 0.2) is 17.5 Å². The summed E-state index contributed by atoms with van der Waals surface area (Å²) < 4.78 is 40.2. The van der Waals surface area contributed by atoms with Gasteiger partial charge in [-0.2, -0.15) is 4.98 Å². The Bertz CT molecular complexity index is 979. The molecule has 8 heteroatoms. The summed E-state index contributed by atoms with van der Waals surface area (Å²) in [5, 5.41) is 6.30. The molecule has 0 spiro atoms. The molecular formula is C18H14ClF3N4. The predicted molar refractivity (Wildman–Crippen MR) is 95.8 cm³/mol. The van der Waals surface area contributed by atoms with Gasteiger partial charge < -0.3 is 10.6 Å². The SMILES string of the molecule is Cc1cc(Nc2ccc(Cl)cc2C)nc(Nc2ccc(F)c(F)c2F)n1. The van der Waals surface area contributed by atoms with Gasteiger partial charge in [-0.25, -0.2) is 18.2 Å². The molecule has 0 aliphatic rings. The first-order valence-corrected chi connectivity index (χ1v) is 8.00. The summed E-state index contributed by atoms with van der Waals surface area (Å²) in [7, 11) is 0. The topological polar surface area (TPSA) is 49.8 Å². The smallest absolute Gasteiger partial charge is 0.229 e. The highest BCUT2D eigenvalue weighted by atomic mass is 35.5. The highest BCUT2D eigenvalue weighted by Crippen LogP contribution is 2.25. The number of nitrogens with one attached hydrogen (secondary N) is 2. The molecule has 0 aliphatic carbocycles. The zero-order chi connectivity index (χ0) is 18.8. The molecule has 134 valence electrons. The number of aromatic nitrogens is 2. The van der Waals surface area contributed by atoms with E-state index in [0.29, 0.717) is 16.5 Å². The van der Waals surface area contributed by atoms with E-state index in [1.54, 1.807) is 31.2 Å². The third kappa shape index (κ3) is 3.88. The van der Waals surface area contributed by atoms with Crippen molar-refractivity contribution >= 4 is 34.7 Å². The lowest BCUT2D eigenvalue weighted by Gasteiger charge is -2.12. The first-order chi connectivity index (χ1) is 12.3. The molecule has 1 aromatic heterocycles. The van der Waals surface area contributed by atoms with Crippen LogP contribution in [0.15, 0.2) is 36.4 Å². The van der Waals surface area contributed by atoms with Crippen molar-refractivity contribution in [3.05, 3.63) is 70.1 Å². The molecule has 3 aromatic rings. The Hall–Kier alpha value is -2.80. The van der Waals surface area contributed by atoms with Crippen molar-refractivity contribution in [2.45, 2.75) is 13.8 Å². The maximum atomic E-state index is 13.8. The van der Waals surface area contributed by atoms with Crippen LogP contribution in [0.2, 0.25) is 5.02 Å². The molecule has 26 heavy (non-hydrogen) atoms. The van der Waals surface area contributed by atoms with Crippen molar-refractivity contribution in [1.82, 2.24) is 9.97 Å². The third-order valence-electron chi connectivity index (χ3n) is 3.59. The van der Waals surface area contributed by atoms with E-state index in [1.165, 1.54) is 0 Å². The van der Waals surface area contributed by atoms with Crippen LogP contribution < -0.4 is 10.6 Å². The molecule has 0 atom stereocenters. The molecule has 0 amide bonds. The summed E-state index contributed by atoms with van der Waals surface area (Å²) in [6, 6.07) is 8.94. The van der Waals surface area contributed by atoms with Crippen LogP contribution in [-0.4, -0.2) is 9.97 Å². The van der Waals surface area contributed by atoms with Gasteiger partial charge in [0.05, 0.1) is 5.69 Å². The second-order valence-electron chi connectivity index (χ2n) is 5.65. The number of halogens is 4. The maximum absolute atomic E-state index is 13.8. The number of anilines is 4. The highest BCUT2D eigenvalue weighted by molar-refractivity contribution is 6.30. The fourth-order valence-electron chi connectivity index (χ4n) is 2.34. The van der Waals surface area contributed by atoms with Crippen molar-refractivity contribution in [2.24, 2.45) is 0 Å². The van der Waals surface area contributed by atoms with Crippen LogP contribution >= 0.6 is 11.6 Å². The number of benzene rings is 2. The molecule has 0 fully saturated rings. The zero-order valence-corrected chi connectivity index (χ0v) is 14.6. The Morgan fingerprint density at radius 3 is 2.31 bits per heavy atom. The summed E-state index contributed by atoms with van der Waals surface area (Å²) in [4.78, 5) is 8.37. The number of hydrogen-bond donors (Lipinski definition) is 2. The molecule has 0 bridgehead atoms. The zero-order valence-electron chi connectivity index (χ0n) is 13.9. The van der Waals surface area contributed by atoms with Crippen molar-refractivity contribution in [3.8, 4) is 0 Å². The number of hydrogen-bond acceptors (Lipinski definition) is 4. The molecule has 0 saturated heterocycles. The van der Waals surface area contributed by atoms with Gasteiger partial charge in [0, 0.05) is 22.5 Å². The Kier molecular flexibility index (Phi) is 4.99. The number of nitrogens with zero attached hydrogens (tertiary/aromatic N) is 2. The fraction of sp³-hybridized carbons (Fsp3) is 0.111. The largest absolute Gasteiger partial charge is 0.340 e. The molecule has 2 aromatic carbocycles. The molecule has 0 radical (unpaired) electrons. The van der Waals surface area contributed by atoms with E-state index < -0.39 is 17.5 Å². The van der Waals surface area contributed by atoms with Gasteiger partial charge in [-0.1, -0.05) is 11.6 Å². The van der Waals surface area contributed by atoms with E-state index in [0.717, 1.165) is 23.4 Å². The van der Waals surface area contributed by atoms with Crippen molar-refractivity contribution in [3.63, 3.8) is 0 Å². The average Bonchev–Trinajstić information content (AvgIpc) is 2.57. The minimum atomic E-state index is -1.56. The van der Waals surface area contributed by atoms with Crippen molar-refractivity contribution in [1.29, 1.82) is 0 Å². The molecule has 2 N–H and O–H groups in total. The summed E-state index contributed by atoms with van der Waals surface area (Å²) >= 11 is 5.94. The van der Waals surface area contributed by atoms with Crippen LogP contribution in [-0.2, 0) is 0 Å². The summed E-state index contributed by atoms with van der Waals surface area (Å²) in [6.45, 7) is 3.62. The van der Waals surface area contributed by atoms with Gasteiger partial charge in [-0.15, -0.1) is 0 Å². The molecule has 3 rings (SSSR count). The molecule has 0 unspecified atom stereocenters. The van der Waals surface area contributed by atoms with Gasteiger partial charge in [0.2, 0.25) is 5.95 Å². The summed E-state index contributed by atoms with van der Waals surface area (Å²) in [6.07, 6.45) is 0. The monoisotopic (exact) mass is 378 g/mol. The van der Waals surface area contributed by atoms with Crippen LogP contribution in [0, 0.1) is 31.3 Å². The first kappa shape index (κ1) is 18.0. The molecule has 0 saturated carbocycles. The number of rotatable bonds is 4. The Morgan fingerprint density at radius 2 is 1.58 bits per heavy atom. The molecule has 1 heterocycles. The van der Waals surface area contributed by atoms with Gasteiger partial charge in [-0.3, -0.25) is 0 Å². The minimum absolute atomic E-state index is 0.0454. The predicted octanol–water partition coefficient (Wildman–Crippen LogP) is 5.65. The van der Waals surface area contributed by atoms with Crippen molar-refractivity contribution in [2.75, 3.05) is 10.6 Å². The van der Waals surface area contributed by atoms with Gasteiger partial charge in [0.25, 0.3) is 0 Å². The lowest BCUT2D eigenvalue weighted by Crippen LogP contribution is -2.05. The third-order valence-corrected chi connectivity index (χ3v) is 3.82.